The summed E-state index contributed by atoms with van der Waals surface area (Å²) in [5, 5.41) is 3.08. The molecule has 3 aromatic rings. The highest BCUT2D eigenvalue weighted by Crippen LogP contribution is 2.15. The van der Waals surface area contributed by atoms with Gasteiger partial charge in [0.15, 0.2) is 0 Å². The lowest BCUT2D eigenvalue weighted by Crippen LogP contribution is -2.26. The van der Waals surface area contributed by atoms with Crippen molar-refractivity contribution in [2.45, 2.75) is 20.2 Å². The van der Waals surface area contributed by atoms with Gasteiger partial charge >= 0.3 is 5.97 Å². The van der Waals surface area contributed by atoms with Crippen LogP contribution < -0.4 is 5.32 Å². The van der Waals surface area contributed by atoms with Crippen LogP contribution in [0, 0.1) is 6.92 Å². The summed E-state index contributed by atoms with van der Waals surface area (Å²) in [6.07, 6.45) is 1.78. The van der Waals surface area contributed by atoms with Crippen molar-refractivity contribution < 1.29 is 9.53 Å². The summed E-state index contributed by atoms with van der Waals surface area (Å²) in [4.78, 5) is 16.2. The molecule has 23 heavy (non-hydrogen) atoms. The molecule has 1 aromatic heterocycles. The number of ether oxygens (including phenoxy) is 1. The van der Waals surface area contributed by atoms with E-state index in [4.69, 9.17) is 4.74 Å². The first kappa shape index (κ1) is 15.2. The van der Waals surface area contributed by atoms with Crippen molar-refractivity contribution in [3.8, 4) is 0 Å². The largest absolute Gasteiger partial charge is 0.460 e. The molecule has 1 N–H and O–H groups in total. The van der Waals surface area contributed by atoms with Crippen LogP contribution in [-0.4, -0.2) is 22.1 Å². The Labute approximate surface area is 134 Å². The van der Waals surface area contributed by atoms with E-state index < -0.39 is 0 Å². The number of hydrogen-bond donors (Lipinski definition) is 1. The second-order valence-electron chi connectivity index (χ2n) is 5.39. The highest BCUT2D eigenvalue weighted by atomic mass is 16.5. The number of nitrogens with one attached hydrogen (secondary N) is 1. The first-order valence-corrected chi connectivity index (χ1v) is 7.55. The van der Waals surface area contributed by atoms with Gasteiger partial charge in [-0.15, -0.1) is 0 Å². The summed E-state index contributed by atoms with van der Waals surface area (Å²) in [6.45, 7) is 3.02. The molecule has 2 aromatic carbocycles. The first-order valence-electron chi connectivity index (χ1n) is 7.55. The van der Waals surface area contributed by atoms with Gasteiger partial charge in [0.1, 0.15) is 6.61 Å². The number of para-hydroxylation sites is 1. The Kier molecular flexibility index (Phi) is 4.68. The van der Waals surface area contributed by atoms with Gasteiger partial charge in [0.2, 0.25) is 0 Å². The van der Waals surface area contributed by atoms with E-state index in [-0.39, 0.29) is 12.5 Å². The third-order valence-corrected chi connectivity index (χ3v) is 3.65. The second kappa shape index (κ2) is 7.07. The van der Waals surface area contributed by atoms with Crippen LogP contribution in [0.1, 0.15) is 11.1 Å². The van der Waals surface area contributed by atoms with E-state index in [1.54, 1.807) is 6.33 Å². The summed E-state index contributed by atoms with van der Waals surface area (Å²) < 4.78 is 7.21. The summed E-state index contributed by atoms with van der Waals surface area (Å²) in [7, 11) is 0. The Morgan fingerprint density at radius 1 is 1.17 bits per heavy atom. The predicted molar refractivity (Wildman–Crippen MR) is 88.7 cm³/mol. The van der Waals surface area contributed by atoms with Gasteiger partial charge in [0.05, 0.1) is 30.6 Å². The molecule has 0 aliphatic carbocycles. The van der Waals surface area contributed by atoms with Gasteiger partial charge in [-0.2, -0.15) is 0 Å². The molecule has 0 aliphatic rings. The van der Waals surface area contributed by atoms with Gasteiger partial charge in [-0.3, -0.25) is 10.1 Å². The molecule has 0 fully saturated rings. The number of rotatable bonds is 6. The van der Waals surface area contributed by atoms with Gasteiger partial charge in [0, 0.05) is 0 Å². The quantitative estimate of drug-likeness (QED) is 0.711. The van der Waals surface area contributed by atoms with Crippen molar-refractivity contribution in [1.82, 2.24) is 14.9 Å². The molecular weight excluding hydrogens is 290 g/mol. The number of esters is 1. The molecule has 0 bridgehead atoms. The Bertz CT molecular complexity index is 796. The zero-order valence-electron chi connectivity index (χ0n) is 13.0. The molecule has 5 heteroatoms. The Hall–Kier alpha value is -2.66. The second-order valence-corrected chi connectivity index (χ2v) is 5.39. The molecule has 0 spiro atoms. The number of nitrogens with zero attached hydrogens (tertiary/aromatic N) is 2. The maximum absolute atomic E-state index is 11.8. The molecule has 118 valence electrons. The van der Waals surface area contributed by atoms with E-state index in [1.165, 1.54) is 0 Å². The van der Waals surface area contributed by atoms with Crippen LogP contribution in [0.25, 0.3) is 11.0 Å². The van der Waals surface area contributed by atoms with Crippen LogP contribution >= 0.6 is 0 Å². The number of aryl methyl sites for hydroxylation is 1. The average Bonchev–Trinajstić information content (AvgIpc) is 2.99. The fourth-order valence-electron chi connectivity index (χ4n) is 2.43. The van der Waals surface area contributed by atoms with E-state index in [2.05, 4.69) is 10.3 Å². The zero-order valence-corrected chi connectivity index (χ0v) is 13.0. The lowest BCUT2D eigenvalue weighted by molar-refractivity contribution is -0.143. The molecule has 0 amide bonds. The van der Waals surface area contributed by atoms with Gasteiger partial charge in [-0.1, -0.05) is 42.5 Å². The lowest BCUT2D eigenvalue weighted by atomic mass is 10.2. The molecule has 0 saturated carbocycles. The lowest BCUT2D eigenvalue weighted by Gasteiger charge is -2.08. The van der Waals surface area contributed by atoms with Crippen molar-refractivity contribution in [1.29, 1.82) is 0 Å². The molecule has 0 atom stereocenters. The van der Waals surface area contributed by atoms with Crippen LogP contribution in [0.2, 0.25) is 0 Å². The standard InChI is InChI=1S/C18H19N3O2/c1-14-6-5-9-16-18(14)20-13-21(16)12-19-10-17(22)23-11-15-7-3-2-4-8-15/h2-9,13,19H,10-12H2,1H3. The number of fused-ring (bicyclic) bond motifs is 1. The Morgan fingerprint density at radius 3 is 2.83 bits per heavy atom. The number of benzene rings is 2. The maximum atomic E-state index is 11.8. The third-order valence-electron chi connectivity index (χ3n) is 3.65. The minimum atomic E-state index is -0.269. The Balaban J connectivity index is 1.49. The summed E-state index contributed by atoms with van der Waals surface area (Å²) in [5.74, 6) is -0.269. The average molecular weight is 309 g/mol. The fraction of sp³-hybridized carbons (Fsp3) is 0.222. The van der Waals surface area contributed by atoms with E-state index >= 15 is 0 Å². The highest BCUT2D eigenvalue weighted by Gasteiger charge is 2.06. The van der Waals surface area contributed by atoms with Crippen LogP contribution in [0.4, 0.5) is 0 Å². The fourth-order valence-corrected chi connectivity index (χ4v) is 2.43. The van der Waals surface area contributed by atoms with Gasteiger partial charge in [0.25, 0.3) is 0 Å². The number of carbonyl (C=O) groups excluding carboxylic acids is 1. The van der Waals surface area contributed by atoms with Gasteiger partial charge in [-0.25, -0.2) is 4.98 Å². The van der Waals surface area contributed by atoms with Crippen LogP contribution in [0.3, 0.4) is 0 Å². The molecule has 0 aliphatic heterocycles. The normalized spacial score (nSPS) is 10.8. The van der Waals surface area contributed by atoms with E-state index in [0.29, 0.717) is 13.3 Å². The van der Waals surface area contributed by atoms with Crippen LogP contribution in [0.5, 0.6) is 0 Å². The first-order chi connectivity index (χ1) is 11.2. The molecule has 1 heterocycles. The monoisotopic (exact) mass is 309 g/mol. The third kappa shape index (κ3) is 3.76. The highest BCUT2D eigenvalue weighted by molar-refractivity contribution is 5.78. The molecule has 5 nitrogen and oxygen atoms in total. The summed E-state index contributed by atoms with van der Waals surface area (Å²) in [6, 6.07) is 15.7. The minimum absolute atomic E-state index is 0.165. The van der Waals surface area contributed by atoms with Gasteiger partial charge < -0.3 is 9.30 Å². The molecule has 0 unspecified atom stereocenters. The van der Waals surface area contributed by atoms with Crippen molar-refractivity contribution in [2.75, 3.05) is 6.54 Å². The molecule has 0 radical (unpaired) electrons. The van der Waals surface area contributed by atoms with Crippen molar-refractivity contribution in [3.05, 3.63) is 66.0 Å². The van der Waals surface area contributed by atoms with Crippen LogP contribution in [-0.2, 0) is 22.8 Å². The zero-order chi connectivity index (χ0) is 16.1. The Morgan fingerprint density at radius 2 is 2.00 bits per heavy atom. The SMILES string of the molecule is Cc1cccc2c1ncn2CNCC(=O)OCc1ccccc1. The van der Waals surface area contributed by atoms with E-state index in [1.807, 2.05) is 60.0 Å². The van der Waals surface area contributed by atoms with Gasteiger partial charge in [-0.05, 0) is 24.1 Å². The predicted octanol–water partition coefficient (Wildman–Crippen LogP) is 2.64. The van der Waals surface area contributed by atoms with Crippen molar-refractivity contribution in [3.63, 3.8) is 0 Å². The number of imidazole rings is 1. The molecule has 0 saturated heterocycles. The summed E-state index contributed by atoms with van der Waals surface area (Å²) >= 11 is 0. The molecular formula is C18H19N3O2. The minimum Gasteiger partial charge on any atom is -0.460 e. The smallest absolute Gasteiger partial charge is 0.320 e. The van der Waals surface area contributed by atoms with Crippen LogP contribution in [0.15, 0.2) is 54.9 Å². The van der Waals surface area contributed by atoms with Crippen molar-refractivity contribution >= 4 is 17.0 Å². The number of hydrogen-bond acceptors (Lipinski definition) is 4. The number of aromatic nitrogens is 2. The topological polar surface area (TPSA) is 56.2 Å². The van der Waals surface area contributed by atoms with Crippen molar-refractivity contribution in [2.24, 2.45) is 0 Å². The van der Waals surface area contributed by atoms with E-state index in [9.17, 15) is 4.79 Å². The maximum Gasteiger partial charge on any atom is 0.320 e. The summed E-state index contributed by atoms with van der Waals surface area (Å²) in [5.41, 5.74) is 4.16. The van der Waals surface area contributed by atoms with E-state index in [0.717, 1.165) is 22.2 Å². The number of carbonyl (C=O) groups is 1. The molecule has 3 rings (SSSR count).